The van der Waals surface area contributed by atoms with Crippen LogP contribution < -0.4 is 0 Å². The molecule has 0 saturated heterocycles. The molecule has 1 rings (SSSR count). The molecule has 0 spiro atoms. The van der Waals surface area contributed by atoms with Gasteiger partial charge in [0.05, 0.1) is 6.04 Å². The second-order valence-corrected chi connectivity index (χ2v) is 9.03. The highest BCUT2D eigenvalue weighted by Gasteiger charge is 2.52. The van der Waals surface area contributed by atoms with Crippen molar-refractivity contribution in [2.24, 2.45) is 22.7 Å². The Morgan fingerprint density at radius 2 is 1.75 bits per heavy atom. The van der Waals surface area contributed by atoms with Gasteiger partial charge in [-0.25, -0.2) is 0 Å². The van der Waals surface area contributed by atoms with Crippen molar-refractivity contribution >= 4 is 6.21 Å². The molecule has 1 fully saturated rings. The molecule has 0 radical (unpaired) electrons. The van der Waals surface area contributed by atoms with E-state index in [0.717, 1.165) is 25.2 Å². The lowest BCUT2D eigenvalue weighted by Crippen LogP contribution is -2.28. The van der Waals surface area contributed by atoms with E-state index in [1.807, 2.05) is 0 Å². The fourth-order valence-corrected chi connectivity index (χ4v) is 4.18. The van der Waals surface area contributed by atoms with E-state index in [2.05, 4.69) is 77.9 Å². The van der Waals surface area contributed by atoms with Gasteiger partial charge in [0.1, 0.15) is 0 Å². The zero-order chi connectivity index (χ0) is 20.9. The number of allylic oxidation sites excluding steroid dienone is 3. The van der Waals surface area contributed by atoms with Gasteiger partial charge in [-0.1, -0.05) is 71.6 Å². The molecule has 0 bridgehead atoms. The summed E-state index contributed by atoms with van der Waals surface area (Å²) in [5.41, 5.74) is 1.56. The molecule has 0 aromatic carbocycles. The molecule has 1 saturated carbocycles. The average Bonchev–Trinajstić information content (AvgIpc) is 3.34. The molecule has 0 aromatic heterocycles. The van der Waals surface area contributed by atoms with Crippen LogP contribution >= 0.6 is 0 Å². The molecule has 28 heavy (non-hydrogen) atoms. The van der Waals surface area contributed by atoms with E-state index in [4.69, 9.17) is 4.99 Å². The maximum Gasteiger partial charge on any atom is 0.0617 e. The first kappa shape index (κ1) is 25.0. The van der Waals surface area contributed by atoms with Crippen molar-refractivity contribution in [3.05, 3.63) is 23.9 Å². The Balaban J connectivity index is 2.88. The molecule has 162 valence electrons. The molecule has 0 heterocycles. The standard InChI is InChI=1S/C26H48N2/c1-8-11-13-14-16-19-27-26-23(18-15-12-9-2)25(26)24(28(7)21(4)5)20-22(6)17-10-3/h11,13,19-23,25-26H,8-10,12,14-18H2,1-7H3/b13-11+,24-20-,27-19+. The van der Waals surface area contributed by atoms with E-state index in [0.29, 0.717) is 23.9 Å². The lowest BCUT2D eigenvalue weighted by molar-refractivity contribution is 0.317. The maximum absolute atomic E-state index is 5.06. The van der Waals surface area contributed by atoms with Crippen molar-refractivity contribution in [3.63, 3.8) is 0 Å². The van der Waals surface area contributed by atoms with Crippen molar-refractivity contribution in [1.82, 2.24) is 4.90 Å². The highest BCUT2D eigenvalue weighted by Crippen LogP contribution is 2.51. The van der Waals surface area contributed by atoms with Gasteiger partial charge in [-0.05, 0) is 64.0 Å². The molecular weight excluding hydrogens is 340 g/mol. The van der Waals surface area contributed by atoms with E-state index >= 15 is 0 Å². The van der Waals surface area contributed by atoms with Crippen molar-refractivity contribution in [2.75, 3.05) is 7.05 Å². The molecule has 2 heteroatoms. The van der Waals surface area contributed by atoms with Crippen LogP contribution in [0.25, 0.3) is 0 Å². The first-order chi connectivity index (χ1) is 13.5. The molecule has 4 atom stereocenters. The number of hydrogen-bond acceptors (Lipinski definition) is 2. The molecule has 0 N–H and O–H groups in total. The Morgan fingerprint density at radius 1 is 1.00 bits per heavy atom. The van der Waals surface area contributed by atoms with Crippen molar-refractivity contribution in [2.45, 2.75) is 111 Å². The van der Waals surface area contributed by atoms with Crippen LogP contribution in [0.1, 0.15) is 99.3 Å². The topological polar surface area (TPSA) is 15.6 Å². The highest BCUT2D eigenvalue weighted by atomic mass is 15.2. The van der Waals surface area contributed by atoms with E-state index < -0.39 is 0 Å². The minimum atomic E-state index is 0.508. The summed E-state index contributed by atoms with van der Waals surface area (Å²) in [6, 6.07) is 1.05. The number of unbranched alkanes of at least 4 members (excludes halogenated alkanes) is 3. The third-order valence-corrected chi connectivity index (χ3v) is 6.13. The predicted molar refractivity (Wildman–Crippen MR) is 127 cm³/mol. The second kappa shape index (κ2) is 14.0. The first-order valence-electron chi connectivity index (χ1n) is 12.1. The van der Waals surface area contributed by atoms with Gasteiger partial charge in [0.15, 0.2) is 0 Å². The molecule has 0 aliphatic heterocycles. The monoisotopic (exact) mass is 388 g/mol. The SMILES string of the molecule is CC/C=C/CC/C=N/C1C(CCCCC)C1/C(=C/C(C)CCC)N(C)C(C)C. The molecule has 1 aliphatic rings. The Morgan fingerprint density at radius 3 is 2.36 bits per heavy atom. The fourth-order valence-electron chi connectivity index (χ4n) is 4.18. The van der Waals surface area contributed by atoms with Crippen LogP contribution in [0.4, 0.5) is 0 Å². The van der Waals surface area contributed by atoms with Gasteiger partial charge in [0, 0.05) is 24.7 Å². The zero-order valence-corrected chi connectivity index (χ0v) is 20.0. The third kappa shape index (κ3) is 8.53. The van der Waals surface area contributed by atoms with E-state index in [1.54, 1.807) is 5.70 Å². The van der Waals surface area contributed by atoms with E-state index in [9.17, 15) is 0 Å². The van der Waals surface area contributed by atoms with Gasteiger partial charge in [-0.2, -0.15) is 0 Å². The number of rotatable bonds is 15. The van der Waals surface area contributed by atoms with Crippen LogP contribution in [0, 0.1) is 17.8 Å². The Kier molecular flexibility index (Phi) is 12.5. The summed E-state index contributed by atoms with van der Waals surface area (Å²) >= 11 is 0. The van der Waals surface area contributed by atoms with Crippen molar-refractivity contribution in [1.29, 1.82) is 0 Å². The summed E-state index contributed by atoms with van der Waals surface area (Å²) < 4.78 is 0. The zero-order valence-electron chi connectivity index (χ0n) is 20.0. The van der Waals surface area contributed by atoms with E-state index in [-0.39, 0.29) is 0 Å². The molecular formula is C26H48N2. The third-order valence-electron chi connectivity index (χ3n) is 6.13. The average molecular weight is 389 g/mol. The van der Waals surface area contributed by atoms with Crippen molar-refractivity contribution in [3.8, 4) is 0 Å². The molecule has 4 unspecified atom stereocenters. The second-order valence-electron chi connectivity index (χ2n) is 9.03. The lowest BCUT2D eigenvalue weighted by atomic mass is 10.0. The summed E-state index contributed by atoms with van der Waals surface area (Å²) in [6.45, 7) is 13.8. The minimum Gasteiger partial charge on any atom is -0.375 e. The summed E-state index contributed by atoms with van der Waals surface area (Å²) in [6.07, 6.45) is 20.5. The minimum absolute atomic E-state index is 0.508. The highest BCUT2D eigenvalue weighted by molar-refractivity contribution is 5.58. The van der Waals surface area contributed by atoms with Gasteiger partial charge >= 0.3 is 0 Å². The van der Waals surface area contributed by atoms with Crippen LogP contribution in [0.3, 0.4) is 0 Å². The summed E-state index contributed by atoms with van der Waals surface area (Å²) in [7, 11) is 2.28. The summed E-state index contributed by atoms with van der Waals surface area (Å²) in [4.78, 5) is 7.58. The quantitative estimate of drug-likeness (QED) is 0.160. The van der Waals surface area contributed by atoms with Gasteiger partial charge in [-0.3, -0.25) is 4.99 Å². The predicted octanol–water partition coefficient (Wildman–Crippen LogP) is 7.66. The fraction of sp³-hybridized carbons (Fsp3) is 0.808. The smallest absolute Gasteiger partial charge is 0.0617 e. The Hall–Kier alpha value is -1.05. The molecule has 0 aromatic rings. The van der Waals surface area contributed by atoms with Gasteiger partial charge in [0.25, 0.3) is 0 Å². The van der Waals surface area contributed by atoms with Crippen LogP contribution in [0.5, 0.6) is 0 Å². The van der Waals surface area contributed by atoms with Crippen LogP contribution in [0.15, 0.2) is 28.9 Å². The van der Waals surface area contributed by atoms with Crippen LogP contribution in [-0.4, -0.2) is 30.2 Å². The van der Waals surface area contributed by atoms with Gasteiger partial charge in [0.2, 0.25) is 0 Å². The van der Waals surface area contributed by atoms with E-state index in [1.165, 1.54) is 38.5 Å². The molecule has 2 nitrogen and oxygen atoms in total. The number of hydrogen-bond donors (Lipinski definition) is 0. The first-order valence-corrected chi connectivity index (χ1v) is 12.1. The molecule has 0 amide bonds. The normalized spacial score (nSPS) is 23.9. The summed E-state index contributed by atoms with van der Waals surface area (Å²) in [5, 5.41) is 0. The Bertz CT molecular complexity index is 489. The largest absolute Gasteiger partial charge is 0.375 e. The van der Waals surface area contributed by atoms with Gasteiger partial charge < -0.3 is 4.90 Å². The summed E-state index contributed by atoms with van der Waals surface area (Å²) in [5.74, 6) is 2.03. The number of aliphatic imine (C=N–C) groups is 1. The number of nitrogens with zero attached hydrogens (tertiary/aromatic N) is 2. The van der Waals surface area contributed by atoms with Crippen LogP contribution in [-0.2, 0) is 0 Å². The molecule has 1 aliphatic carbocycles. The maximum atomic E-state index is 5.06. The van der Waals surface area contributed by atoms with Gasteiger partial charge in [-0.15, -0.1) is 0 Å². The lowest BCUT2D eigenvalue weighted by Gasteiger charge is -2.28. The van der Waals surface area contributed by atoms with Crippen molar-refractivity contribution < 1.29 is 0 Å². The van der Waals surface area contributed by atoms with Crippen LogP contribution in [0.2, 0.25) is 0 Å². The Labute approximate surface area is 176 Å².